The van der Waals surface area contributed by atoms with E-state index in [-0.39, 0.29) is 17.7 Å². The highest BCUT2D eigenvalue weighted by molar-refractivity contribution is 5.84. The van der Waals surface area contributed by atoms with E-state index in [0.29, 0.717) is 18.9 Å². The molecule has 2 atom stereocenters. The predicted octanol–water partition coefficient (Wildman–Crippen LogP) is 0.977. The second-order valence-corrected chi connectivity index (χ2v) is 5.66. The number of nitrogens with one attached hydrogen (secondary N) is 1. The van der Waals surface area contributed by atoms with Crippen molar-refractivity contribution in [3.63, 3.8) is 0 Å². The second-order valence-electron chi connectivity index (χ2n) is 5.66. The van der Waals surface area contributed by atoms with Crippen LogP contribution in [0.25, 0.3) is 0 Å². The third-order valence-corrected chi connectivity index (χ3v) is 3.29. The molecule has 0 saturated heterocycles. The molecule has 2 unspecified atom stereocenters. The number of hydrogen-bond acceptors (Lipinski definition) is 3. The summed E-state index contributed by atoms with van der Waals surface area (Å²) in [6.07, 6.45) is 3.00. The number of carbonyl (C=O) groups excluding carboxylic acids is 1. The van der Waals surface area contributed by atoms with Crippen LogP contribution in [-0.2, 0) is 9.59 Å². The van der Waals surface area contributed by atoms with Gasteiger partial charge in [0, 0.05) is 6.42 Å². The minimum atomic E-state index is -0.931. The number of carboxylic acid groups (broad SMARTS) is 1. The molecule has 0 aromatic rings. The van der Waals surface area contributed by atoms with E-state index in [1.165, 1.54) is 0 Å². The average molecular weight is 256 g/mol. The summed E-state index contributed by atoms with van der Waals surface area (Å²) in [4.78, 5) is 22.8. The Hall–Kier alpha value is -1.10. The molecule has 0 aliphatic heterocycles. The minimum Gasteiger partial charge on any atom is -0.480 e. The van der Waals surface area contributed by atoms with Crippen LogP contribution in [0.15, 0.2) is 0 Å². The molecule has 1 aliphatic carbocycles. The Kier molecular flexibility index (Phi) is 5.59. The van der Waals surface area contributed by atoms with E-state index in [9.17, 15) is 9.59 Å². The topological polar surface area (TPSA) is 92.4 Å². The van der Waals surface area contributed by atoms with Crippen LogP contribution in [0.2, 0.25) is 0 Å². The van der Waals surface area contributed by atoms with Gasteiger partial charge in [0.15, 0.2) is 0 Å². The zero-order valence-electron chi connectivity index (χ0n) is 11.2. The molecule has 18 heavy (non-hydrogen) atoms. The molecule has 0 spiro atoms. The lowest BCUT2D eigenvalue weighted by Gasteiger charge is -2.19. The zero-order valence-corrected chi connectivity index (χ0v) is 11.2. The van der Waals surface area contributed by atoms with Crippen molar-refractivity contribution < 1.29 is 14.7 Å². The Morgan fingerprint density at radius 1 is 1.39 bits per heavy atom. The summed E-state index contributed by atoms with van der Waals surface area (Å²) in [7, 11) is 0. The standard InChI is InChI=1S/C13H24N2O3/c1-8(2)5-9(7-14)6-11(16)15-12(13(17)18)10-3-4-10/h8-10,12H,3-7,14H2,1-2H3,(H,15,16)(H,17,18). The number of nitrogens with two attached hydrogens (primary N) is 1. The summed E-state index contributed by atoms with van der Waals surface area (Å²) in [5.41, 5.74) is 5.64. The van der Waals surface area contributed by atoms with Gasteiger partial charge >= 0.3 is 5.97 Å². The van der Waals surface area contributed by atoms with Gasteiger partial charge < -0.3 is 16.2 Å². The van der Waals surface area contributed by atoms with Gasteiger partial charge in [-0.3, -0.25) is 4.79 Å². The second kappa shape index (κ2) is 6.73. The van der Waals surface area contributed by atoms with Crippen molar-refractivity contribution in [3.05, 3.63) is 0 Å². The number of hydrogen-bond donors (Lipinski definition) is 3. The summed E-state index contributed by atoms with van der Waals surface area (Å²) in [5.74, 6) is -0.374. The van der Waals surface area contributed by atoms with Crippen molar-refractivity contribution in [1.29, 1.82) is 0 Å². The van der Waals surface area contributed by atoms with E-state index >= 15 is 0 Å². The molecule has 0 heterocycles. The molecule has 0 aromatic carbocycles. The van der Waals surface area contributed by atoms with Crippen LogP contribution in [0.1, 0.15) is 39.5 Å². The fraction of sp³-hybridized carbons (Fsp3) is 0.846. The van der Waals surface area contributed by atoms with Crippen molar-refractivity contribution in [2.24, 2.45) is 23.5 Å². The van der Waals surface area contributed by atoms with Crippen LogP contribution >= 0.6 is 0 Å². The smallest absolute Gasteiger partial charge is 0.326 e. The number of aliphatic carboxylic acids is 1. The lowest BCUT2D eigenvalue weighted by molar-refractivity contribution is -0.142. The molecule has 1 saturated carbocycles. The van der Waals surface area contributed by atoms with Gasteiger partial charge in [0.05, 0.1) is 0 Å². The summed E-state index contributed by atoms with van der Waals surface area (Å²) >= 11 is 0. The number of carbonyl (C=O) groups is 2. The van der Waals surface area contributed by atoms with Crippen molar-refractivity contribution in [2.45, 2.75) is 45.6 Å². The zero-order chi connectivity index (χ0) is 13.7. The van der Waals surface area contributed by atoms with Crippen LogP contribution in [-0.4, -0.2) is 29.6 Å². The maximum absolute atomic E-state index is 11.8. The van der Waals surface area contributed by atoms with E-state index in [1.807, 2.05) is 0 Å². The molecule has 1 amide bonds. The Morgan fingerprint density at radius 2 is 2.00 bits per heavy atom. The number of carboxylic acids is 1. The molecule has 0 aromatic heterocycles. The Morgan fingerprint density at radius 3 is 2.39 bits per heavy atom. The van der Waals surface area contributed by atoms with E-state index < -0.39 is 12.0 Å². The van der Waals surface area contributed by atoms with Gasteiger partial charge in [0.25, 0.3) is 0 Å². The molecule has 1 fully saturated rings. The van der Waals surface area contributed by atoms with Crippen LogP contribution in [0.4, 0.5) is 0 Å². The summed E-state index contributed by atoms with van der Waals surface area (Å²) in [6, 6.07) is -0.713. The van der Waals surface area contributed by atoms with E-state index in [1.54, 1.807) is 0 Å². The van der Waals surface area contributed by atoms with E-state index in [0.717, 1.165) is 19.3 Å². The third-order valence-electron chi connectivity index (χ3n) is 3.29. The fourth-order valence-corrected chi connectivity index (χ4v) is 2.23. The van der Waals surface area contributed by atoms with Gasteiger partial charge in [0.1, 0.15) is 6.04 Å². The highest BCUT2D eigenvalue weighted by Gasteiger charge is 2.37. The van der Waals surface area contributed by atoms with Crippen LogP contribution in [0.5, 0.6) is 0 Å². The molecule has 0 bridgehead atoms. The fourth-order valence-electron chi connectivity index (χ4n) is 2.23. The van der Waals surface area contributed by atoms with E-state index in [4.69, 9.17) is 10.8 Å². The van der Waals surface area contributed by atoms with Gasteiger partial charge in [0.2, 0.25) is 5.91 Å². The molecule has 4 N–H and O–H groups in total. The SMILES string of the molecule is CC(C)CC(CN)CC(=O)NC(C(=O)O)C1CC1. The first-order valence-electron chi connectivity index (χ1n) is 6.66. The van der Waals surface area contributed by atoms with Crippen molar-refractivity contribution in [2.75, 3.05) is 6.54 Å². The van der Waals surface area contributed by atoms with Gasteiger partial charge in [-0.15, -0.1) is 0 Å². The molecule has 5 heteroatoms. The summed E-state index contributed by atoms with van der Waals surface area (Å²) in [6.45, 7) is 4.64. The van der Waals surface area contributed by atoms with Crippen molar-refractivity contribution in [3.8, 4) is 0 Å². The third kappa shape index (κ3) is 5.04. The molecule has 104 valence electrons. The molecular formula is C13H24N2O3. The number of amides is 1. The van der Waals surface area contributed by atoms with Crippen molar-refractivity contribution in [1.82, 2.24) is 5.32 Å². The van der Waals surface area contributed by atoms with Gasteiger partial charge in [-0.1, -0.05) is 13.8 Å². The van der Waals surface area contributed by atoms with Crippen molar-refractivity contribution >= 4 is 11.9 Å². The average Bonchev–Trinajstić information content (AvgIpc) is 3.07. The first kappa shape index (κ1) is 15.0. The number of rotatable bonds is 8. The van der Waals surface area contributed by atoms with Crippen LogP contribution < -0.4 is 11.1 Å². The van der Waals surface area contributed by atoms with Gasteiger partial charge in [-0.25, -0.2) is 4.79 Å². The van der Waals surface area contributed by atoms with Gasteiger partial charge in [-0.2, -0.15) is 0 Å². The largest absolute Gasteiger partial charge is 0.480 e. The molecular weight excluding hydrogens is 232 g/mol. The van der Waals surface area contributed by atoms with E-state index in [2.05, 4.69) is 19.2 Å². The lowest BCUT2D eigenvalue weighted by Crippen LogP contribution is -2.43. The highest BCUT2D eigenvalue weighted by atomic mass is 16.4. The lowest BCUT2D eigenvalue weighted by atomic mass is 9.94. The Labute approximate surface area is 108 Å². The Balaban J connectivity index is 2.41. The minimum absolute atomic E-state index is 0.118. The maximum atomic E-state index is 11.8. The molecule has 1 aliphatic rings. The molecule has 0 radical (unpaired) electrons. The monoisotopic (exact) mass is 256 g/mol. The summed E-state index contributed by atoms with van der Waals surface area (Å²) in [5, 5.41) is 11.7. The summed E-state index contributed by atoms with van der Waals surface area (Å²) < 4.78 is 0. The molecule has 5 nitrogen and oxygen atoms in total. The maximum Gasteiger partial charge on any atom is 0.326 e. The van der Waals surface area contributed by atoms with Crippen LogP contribution in [0, 0.1) is 17.8 Å². The normalized spacial score (nSPS) is 18.4. The van der Waals surface area contributed by atoms with Gasteiger partial charge in [-0.05, 0) is 43.6 Å². The van der Waals surface area contributed by atoms with Crippen LogP contribution in [0.3, 0.4) is 0 Å². The predicted molar refractivity (Wildman–Crippen MR) is 68.9 cm³/mol. The highest BCUT2D eigenvalue weighted by Crippen LogP contribution is 2.32. The first-order valence-corrected chi connectivity index (χ1v) is 6.66. The molecule has 1 rings (SSSR count). The first-order chi connectivity index (χ1) is 8.43. The Bertz CT molecular complexity index is 301. The quantitative estimate of drug-likeness (QED) is 0.603.